The lowest BCUT2D eigenvalue weighted by Crippen LogP contribution is -2.56. The zero-order valence-electron chi connectivity index (χ0n) is 18.3. The largest absolute Gasteiger partial charge is 0.497 e. The summed E-state index contributed by atoms with van der Waals surface area (Å²) < 4.78 is 16.1. The van der Waals surface area contributed by atoms with Gasteiger partial charge in [0.05, 0.1) is 18.8 Å². The van der Waals surface area contributed by atoms with Gasteiger partial charge in [-0.2, -0.15) is 0 Å². The zero-order chi connectivity index (χ0) is 22.1. The lowest BCUT2D eigenvalue weighted by Gasteiger charge is -2.52. The molecule has 1 aliphatic carbocycles. The number of ether oxygens (including phenoxy) is 3. The van der Waals surface area contributed by atoms with Gasteiger partial charge in [-0.3, -0.25) is 4.79 Å². The van der Waals surface area contributed by atoms with Crippen LogP contribution in [0.4, 0.5) is 0 Å². The van der Waals surface area contributed by atoms with Crippen LogP contribution in [0.15, 0.2) is 48.5 Å². The van der Waals surface area contributed by atoms with Crippen molar-refractivity contribution in [3.63, 3.8) is 0 Å². The maximum atomic E-state index is 13.4. The standard InChI is InChI=1S/C26H29NO5/c1-30-20-9-7-19(8-10-20)25-21-4-2-3-13-26(21,29)14-15-27(25)24(28)12-6-18-5-11-22-23(16-18)32-17-31-22/h5-12,16,21,25,29H,2-4,13-15,17H2,1H3/t21-,25+,26-/m0/s1. The molecule has 5 rings (SSSR count). The molecule has 1 amide bonds. The van der Waals surface area contributed by atoms with Crippen molar-refractivity contribution in [1.82, 2.24) is 4.90 Å². The van der Waals surface area contributed by atoms with E-state index in [1.54, 1.807) is 13.2 Å². The second-order valence-electron chi connectivity index (χ2n) is 8.90. The molecule has 32 heavy (non-hydrogen) atoms. The van der Waals surface area contributed by atoms with Crippen molar-refractivity contribution in [2.45, 2.75) is 43.7 Å². The van der Waals surface area contributed by atoms with Gasteiger partial charge in [-0.15, -0.1) is 0 Å². The van der Waals surface area contributed by atoms with E-state index in [9.17, 15) is 9.90 Å². The van der Waals surface area contributed by atoms with E-state index in [0.29, 0.717) is 18.7 Å². The summed E-state index contributed by atoms with van der Waals surface area (Å²) in [5, 5.41) is 11.4. The summed E-state index contributed by atoms with van der Waals surface area (Å²) in [6, 6.07) is 13.4. The molecule has 3 atom stereocenters. The van der Waals surface area contributed by atoms with Gasteiger partial charge in [0.15, 0.2) is 11.5 Å². The first-order valence-corrected chi connectivity index (χ1v) is 11.3. The quantitative estimate of drug-likeness (QED) is 0.724. The van der Waals surface area contributed by atoms with Crippen LogP contribution in [0.3, 0.4) is 0 Å². The Bertz CT molecular complexity index is 1020. The summed E-state index contributed by atoms with van der Waals surface area (Å²) >= 11 is 0. The number of fused-ring (bicyclic) bond motifs is 2. The first-order valence-electron chi connectivity index (χ1n) is 11.3. The molecule has 1 N–H and O–H groups in total. The second kappa shape index (κ2) is 8.51. The Balaban J connectivity index is 1.43. The maximum absolute atomic E-state index is 13.4. The molecular formula is C26H29NO5. The predicted octanol–water partition coefficient (Wildman–Crippen LogP) is 4.33. The molecule has 1 saturated heterocycles. The molecule has 3 aliphatic rings. The summed E-state index contributed by atoms with van der Waals surface area (Å²) in [5.74, 6) is 2.18. The number of likely N-dealkylation sites (tertiary alicyclic amines) is 1. The van der Waals surface area contributed by atoms with E-state index in [0.717, 1.165) is 48.3 Å². The molecule has 2 aromatic carbocycles. The highest BCUT2D eigenvalue weighted by molar-refractivity contribution is 5.92. The van der Waals surface area contributed by atoms with E-state index in [-0.39, 0.29) is 24.7 Å². The summed E-state index contributed by atoms with van der Waals surface area (Å²) in [6.45, 7) is 0.761. The van der Waals surface area contributed by atoms with Gasteiger partial charge in [0.1, 0.15) is 5.75 Å². The summed E-state index contributed by atoms with van der Waals surface area (Å²) in [6.07, 6.45) is 7.91. The van der Waals surface area contributed by atoms with Crippen LogP contribution >= 0.6 is 0 Å². The monoisotopic (exact) mass is 435 g/mol. The molecule has 168 valence electrons. The average Bonchev–Trinajstić information content (AvgIpc) is 3.29. The van der Waals surface area contributed by atoms with Crippen LogP contribution in [0.25, 0.3) is 6.08 Å². The van der Waals surface area contributed by atoms with Crippen LogP contribution in [-0.4, -0.2) is 42.0 Å². The second-order valence-corrected chi connectivity index (χ2v) is 8.90. The van der Waals surface area contributed by atoms with Crippen molar-refractivity contribution < 1.29 is 24.1 Å². The van der Waals surface area contributed by atoms with E-state index in [2.05, 4.69) is 0 Å². The minimum Gasteiger partial charge on any atom is -0.497 e. The number of benzene rings is 2. The number of rotatable bonds is 4. The SMILES string of the molecule is COc1ccc([C@@H]2[C@@H]3CCCC[C@]3(O)CCN2C(=O)C=Cc2ccc3c(c2)OCO3)cc1. The molecule has 2 aliphatic heterocycles. The Morgan fingerprint density at radius 3 is 2.75 bits per heavy atom. The van der Waals surface area contributed by atoms with E-state index in [1.165, 1.54) is 0 Å². The molecule has 1 saturated carbocycles. The zero-order valence-corrected chi connectivity index (χ0v) is 18.3. The van der Waals surface area contributed by atoms with Crippen LogP contribution in [0.1, 0.15) is 49.3 Å². The third-order valence-corrected chi connectivity index (χ3v) is 7.12. The highest BCUT2D eigenvalue weighted by Crippen LogP contribution is 2.49. The average molecular weight is 436 g/mol. The summed E-state index contributed by atoms with van der Waals surface area (Å²) in [7, 11) is 1.65. The number of piperidine rings is 1. The van der Waals surface area contributed by atoms with Gasteiger partial charge < -0.3 is 24.2 Å². The fourth-order valence-corrected chi connectivity index (χ4v) is 5.42. The van der Waals surface area contributed by atoms with Crippen LogP contribution in [0.2, 0.25) is 0 Å². The Morgan fingerprint density at radius 2 is 1.94 bits per heavy atom. The first-order chi connectivity index (χ1) is 15.6. The van der Waals surface area contributed by atoms with E-state index in [1.807, 2.05) is 53.4 Å². The van der Waals surface area contributed by atoms with Gasteiger partial charge in [0.2, 0.25) is 12.7 Å². The number of hydrogen-bond donors (Lipinski definition) is 1. The molecule has 0 bridgehead atoms. The van der Waals surface area contributed by atoms with Gasteiger partial charge in [-0.05, 0) is 60.7 Å². The Kier molecular flexibility index (Phi) is 5.55. The normalized spacial score (nSPS) is 26.8. The van der Waals surface area contributed by atoms with E-state index >= 15 is 0 Å². The third-order valence-electron chi connectivity index (χ3n) is 7.12. The molecular weight excluding hydrogens is 406 g/mol. The highest BCUT2D eigenvalue weighted by atomic mass is 16.7. The van der Waals surface area contributed by atoms with Crippen LogP contribution in [0.5, 0.6) is 17.2 Å². The van der Waals surface area contributed by atoms with Crippen LogP contribution in [-0.2, 0) is 4.79 Å². The van der Waals surface area contributed by atoms with Crippen molar-refractivity contribution in [3.05, 3.63) is 59.7 Å². The lowest BCUT2D eigenvalue weighted by molar-refractivity contribution is -0.150. The highest BCUT2D eigenvalue weighted by Gasteiger charge is 2.49. The van der Waals surface area contributed by atoms with Crippen LogP contribution in [0, 0.1) is 5.92 Å². The fraction of sp³-hybridized carbons (Fsp3) is 0.423. The van der Waals surface area contributed by atoms with E-state index < -0.39 is 5.60 Å². The summed E-state index contributed by atoms with van der Waals surface area (Å²) in [4.78, 5) is 15.3. The molecule has 2 fully saturated rings. The fourth-order valence-electron chi connectivity index (χ4n) is 5.42. The van der Waals surface area contributed by atoms with Crippen molar-refractivity contribution in [2.75, 3.05) is 20.4 Å². The number of hydrogen-bond acceptors (Lipinski definition) is 5. The minimum atomic E-state index is -0.708. The topological polar surface area (TPSA) is 68.2 Å². The summed E-state index contributed by atoms with van der Waals surface area (Å²) in [5.41, 5.74) is 1.22. The van der Waals surface area contributed by atoms with Crippen molar-refractivity contribution >= 4 is 12.0 Å². The van der Waals surface area contributed by atoms with Gasteiger partial charge in [-0.1, -0.05) is 31.0 Å². The van der Waals surface area contributed by atoms with Gasteiger partial charge in [0.25, 0.3) is 0 Å². The van der Waals surface area contributed by atoms with Crippen LogP contribution < -0.4 is 14.2 Å². The number of carbonyl (C=O) groups excluding carboxylic acids is 1. The van der Waals surface area contributed by atoms with E-state index in [4.69, 9.17) is 14.2 Å². The molecule has 2 aromatic rings. The molecule has 0 unspecified atom stereocenters. The van der Waals surface area contributed by atoms with Gasteiger partial charge in [0, 0.05) is 18.5 Å². The molecule has 0 spiro atoms. The number of aliphatic hydroxyl groups is 1. The molecule has 6 heteroatoms. The maximum Gasteiger partial charge on any atom is 0.247 e. The molecule has 0 radical (unpaired) electrons. The Hall–Kier alpha value is -2.99. The van der Waals surface area contributed by atoms with Gasteiger partial charge in [-0.25, -0.2) is 0 Å². The number of nitrogens with zero attached hydrogens (tertiary/aromatic N) is 1. The predicted molar refractivity (Wildman–Crippen MR) is 121 cm³/mol. The minimum absolute atomic E-state index is 0.0290. The Morgan fingerprint density at radius 1 is 1.12 bits per heavy atom. The molecule has 2 heterocycles. The van der Waals surface area contributed by atoms with Gasteiger partial charge >= 0.3 is 0 Å². The smallest absolute Gasteiger partial charge is 0.247 e. The Labute approximate surface area is 188 Å². The molecule has 6 nitrogen and oxygen atoms in total. The number of carbonyl (C=O) groups is 1. The van der Waals surface area contributed by atoms with Crippen molar-refractivity contribution in [2.24, 2.45) is 5.92 Å². The number of amides is 1. The van der Waals surface area contributed by atoms with Crippen molar-refractivity contribution in [1.29, 1.82) is 0 Å². The molecule has 0 aromatic heterocycles. The van der Waals surface area contributed by atoms with Crippen molar-refractivity contribution in [3.8, 4) is 17.2 Å². The first kappa shape index (κ1) is 20.9. The number of methoxy groups -OCH3 is 1. The lowest BCUT2D eigenvalue weighted by atomic mass is 9.66. The third kappa shape index (κ3) is 3.84.